The Kier molecular flexibility index (Phi) is 4.20. The number of anilines is 1. The Bertz CT molecular complexity index is 793. The maximum atomic E-state index is 12.5. The number of imide groups is 1. The van der Waals surface area contributed by atoms with Crippen LogP contribution in [0.3, 0.4) is 0 Å². The number of benzene rings is 1. The van der Waals surface area contributed by atoms with Crippen LogP contribution < -0.4 is 4.90 Å². The molecule has 1 aromatic heterocycles. The lowest BCUT2D eigenvalue weighted by molar-refractivity contribution is -0.113. The number of carbonyl (C=O) groups excluding carboxylic acids is 2. The Morgan fingerprint density at radius 3 is 2.68 bits per heavy atom. The molecule has 2 heterocycles. The average Bonchev–Trinajstić information content (AvgIpc) is 2.75. The zero-order valence-corrected chi connectivity index (χ0v) is 13.3. The quantitative estimate of drug-likeness (QED) is 0.741. The smallest absolute Gasteiger partial charge is 0.268 e. The highest BCUT2D eigenvalue weighted by Crippen LogP contribution is 2.39. The zero-order valence-electron chi connectivity index (χ0n) is 11.0. The normalized spacial score (nSPS) is 16.6. The van der Waals surface area contributed by atoms with E-state index in [1.54, 1.807) is 42.7 Å². The van der Waals surface area contributed by atoms with Crippen molar-refractivity contribution in [2.24, 2.45) is 0 Å². The van der Waals surface area contributed by atoms with Gasteiger partial charge in [-0.1, -0.05) is 29.3 Å². The van der Waals surface area contributed by atoms with Crippen LogP contribution in [0.4, 0.5) is 10.5 Å². The monoisotopic (exact) mass is 350 g/mol. The maximum absolute atomic E-state index is 12.5. The Hall–Kier alpha value is -1.82. The minimum Gasteiger partial charge on any atom is -0.268 e. The van der Waals surface area contributed by atoms with Crippen molar-refractivity contribution in [3.05, 3.63) is 63.2 Å². The van der Waals surface area contributed by atoms with Gasteiger partial charge in [-0.25, -0.2) is 4.90 Å². The van der Waals surface area contributed by atoms with Crippen molar-refractivity contribution in [2.45, 2.75) is 0 Å². The Morgan fingerprint density at radius 2 is 2.00 bits per heavy atom. The van der Waals surface area contributed by atoms with Crippen LogP contribution in [0.2, 0.25) is 10.0 Å². The van der Waals surface area contributed by atoms with Gasteiger partial charge in [0.2, 0.25) is 0 Å². The fourth-order valence-corrected chi connectivity index (χ4v) is 3.28. The first-order valence-electron chi connectivity index (χ1n) is 6.19. The van der Waals surface area contributed by atoms with Crippen molar-refractivity contribution in [1.82, 2.24) is 4.98 Å². The number of aromatic nitrogens is 1. The molecule has 0 saturated carbocycles. The highest BCUT2D eigenvalue weighted by Gasteiger charge is 2.37. The van der Waals surface area contributed by atoms with E-state index < -0.39 is 11.1 Å². The molecule has 2 amide bonds. The first-order chi connectivity index (χ1) is 10.6. The van der Waals surface area contributed by atoms with Gasteiger partial charge < -0.3 is 0 Å². The highest BCUT2D eigenvalue weighted by atomic mass is 35.5. The molecule has 3 rings (SSSR count). The lowest BCUT2D eigenvalue weighted by atomic mass is 10.2. The molecule has 0 atom stereocenters. The van der Waals surface area contributed by atoms with Crippen LogP contribution in [-0.2, 0) is 4.79 Å². The summed E-state index contributed by atoms with van der Waals surface area (Å²) >= 11 is 12.8. The van der Waals surface area contributed by atoms with Gasteiger partial charge in [0.15, 0.2) is 0 Å². The molecule has 7 heteroatoms. The number of amides is 2. The molecule has 0 unspecified atom stereocenters. The Labute approximate surface area is 140 Å². The fraction of sp³-hybridized carbons (Fsp3) is 0. The van der Waals surface area contributed by atoms with E-state index in [0.717, 1.165) is 22.2 Å². The summed E-state index contributed by atoms with van der Waals surface area (Å²) in [6.45, 7) is 0. The molecule has 1 fully saturated rings. The molecule has 1 aromatic carbocycles. The summed E-state index contributed by atoms with van der Waals surface area (Å²) in [7, 11) is 0. The van der Waals surface area contributed by atoms with Crippen molar-refractivity contribution < 1.29 is 9.59 Å². The van der Waals surface area contributed by atoms with Crippen LogP contribution in [0.15, 0.2) is 47.6 Å². The van der Waals surface area contributed by atoms with Crippen molar-refractivity contribution in [2.75, 3.05) is 4.90 Å². The Morgan fingerprint density at radius 1 is 1.18 bits per heavy atom. The molecule has 0 aliphatic carbocycles. The van der Waals surface area contributed by atoms with E-state index >= 15 is 0 Å². The second-order valence-corrected chi connectivity index (χ2v) is 6.24. The number of pyridine rings is 1. The SMILES string of the molecule is O=C1SC(=Cc2cccnc2)C(=O)N1c1ccc(Cl)cc1Cl. The second kappa shape index (κ2) is 6.12. The summed E-state index contributed by atoms with van der Waals surface area (Å²) in [5.41, 5.74) is 1.07. The number of halogens is 2. The average molecular weight is 351 g/mol. The van der Waals surface area contributed by atoms with Gasteiger partial charge >= 0.3 is 0 Å². The maximum Gasteiger partial charge on any atom is 0.298 e. The molecule has 0 bridgehead atoms. The molecule has 1 aliphatic heterocycles. The molecule has 2 aromatic rings. The summed E-state index contributed by atoms with van der Waals surface area (Å²) in [5, 5.41) is 0.286. The van der Waals surface area contributed by atoms with Gasteiger partial charge in [0.1, 0.15) is 0 Å². The molecular formula is C15H8Cl2N2O2S. The Balaban J connectivity index is 1.97. The third-order valence-corrected chi connectivity index (χ3v) is 4.33. The number of nitrogens with zero attached hydrogens (tertiary/aromatic N) is 2. The standard InChI is InChI=1S/C15H8Cl2N2O2S/c16-10-3-4-12(11(17)7-10)19-14(20)13(22-15(19)21)6-9-2-1-5-18-8-9/h1-8H. The van der Waals surface area contributed by atoms with Crippen LogP contribution in [0.1, 0.15) is 5.56 Å². The van der Waals surface area contributed by atoms with E-state index in [0.29, 0.717) is 15.6 Å². The second-order valence-electron chi connectivity index (χ2n) is 4.40. The van der Waals surface area contributed by atoms with Crippen LogP contribution in [0, 0.1) is 0 Å². The van der Waals surface area contributed by atoms with E-state index in [1.165, 1.54) is 6.07 Å². The first-order valence-corrected chi connectivity index (χ1v) is 7.76. The van der Waals surface area contributed by atoms with Crippen molar-refractivity contribution in [3.8, 4) is 0 Å². The van der Waals surface area contributed by atoms with E-state index in [1.807, 2.05) is 0 Å². The summed E-state index contributed by atoms with van der Waals surface area (Å²) in [5.74, 6) is -0.414. The van der Waals surface area contributed by atoms with Crippen molar-refractivity contribution >= 4 is 57.9 Å². The van der Waals surface area contributed by atoms with Gasteiger partial charge in [-0.3, -0.25) is 14.6 Å². The van der Waals surface area contributed by atoms with E-state index in [4.69, 9.17) is 23.2 Å². The summed E-state index contributed by atoms with van der Waals surface area (Å²) < 4.78 is 0. The molecule has 4 nitrogen and oxygen atoms in total. The molecule has 0 N–H and O–H groups in total. The summed E-state index contributed by atoms with van der Waals surface area (Å²) in [4.78, 5) is 29.9. The van der Waals surface area contributed by atoms with E-state index in [-0.39, 0.29) is 5.02 Å². The van der Waals surface area contributed by atoms with Crippen molar-refractivity contribution in [3.63, 3.8) is 0 Å². The number of hydrogen-bond donors (Lipinski definition) is 0. The van der Waals surface area contributed by atoms with Gasteiger partial charge in [-0.05, 0) is 47.7 Å². The predicted molar refractivity (Wildman–Crippen MR) is 89.1 cm³/mol. The largest absolute Gasteiger partial charge is 0.298 e. The summed E-state index contributed by atoms with van der Waals surface area (Å²) in [6.07, 6.45) is 4.88. The molecule has 1 aliphatic rings. The van der Waals surface area contributed by atoms with Gasteiger partial charge in [0.05, 0.1) is 15.6 Å². The van der Waals surface area contributed by atoms with E-state index in [2.05, 4.69) is 4.98 Å². The summed E-state index contributed by atoms with van der Waals surface area (Å²) in [6, 6.07) is 8.18. The molecule has 0 spiro atoms. The van der Waals surface area contributed by atoms with Gasteiger partial charge in [-0.15, -0.1) is 0 Å². The van der Waals surface area contributed by atoms with Crippen LogP contribution in [-0.4, -0.2) is 16.1 Å². The number of hydrogen-bond acceptors (Lipinski definition) is 4. The zero-order chi connectivity index (χ0) is 15.7. The molecular weight excluding hydrogens is 343 g/mol. The minimum atomic E-state index is -0.414. The molecule has 110 valence electrons. The topological polar surface area (TPSA) is 50.3 Å². The fourth-order valence-electron chi connectivity index (χ4n) is 1.95. The first kappa shape index (κ1) is 15.1. The number of carbonyl (C=O) groups is 2. The van der Waals surface area contributed by atoms with Gasteiger partial charge in [0, 0.05) is 17.4 Å². The van der Waals surface area contributed by atoms with Gasteiger partial charge in [-0.2, -0.15) is 0 Å². The molecule has 0 radical (unpaired) electrons. The minimum absolute atomic E-state index is 0.248. The van der Waals surface area contributed by atoms with Crippen LogP contribution in [0.5, 0.6) is 0 Å². The van der Waals surface area contributed by atoms with Gasteiger partial charge in [0.25, 0.3) is 11.1 Å². The predicted octanol–water partition coefficient (Wildman–Crippen LogP) is 4.63. The van der Waals surface area contributed by atoms with Crippen molar-refractivity contribution in [1.29, 1.82) is 0 Å². The van der Waals surface area contributed by atoms with Crippen LogP contribution in [0.25, 0.3) is 6.08 Å². The highest BCUT2D eigenvalue weighted by molar-refractivity contribution is 8.19. The number of thioether (sulfide) groups is 1. The third-order valence-electron chi connectivity index (χ3n) is 2.93. The molecule has 1 saturated heterocycles. The van der Waals surface area contributed by atoms with E-state index in [9.17, 15) is 9.59 Å². The molecule has 22 heavy (non-hydrogen) atoms. The third kappa shape index (κ3) is 2.88. The van der Waals surface area contributed by atoms with Crippen LogP contribution >= 0.6 is 35.0 Å². The lowest BCUT2D eigenvalue weighted by Crippen LogP contribution is -2.27. The lowest BCUT2D eigenvalue weighted by Gasteiger charge is -2.14. The number of rotatable bonds is 2.